The topological polar surface area (TPSA) is 38.9 Å². The van der Waals surface area contributed by atoms with E-state index in [-0.39, 0.29) is 0 Å². The zero-order valence-corrected chi connectivity index (χ0v) is 10.9. The largest absolute Gasteiger partial charge is 0.383 e. The first-order chi connectivity index (χ1) is 9.24. The highest BCUT2D eigenvalue weighted by atomic mass is 14.8. The van der Waals surface area contributed by atoms with Gasteiger partial charge >= 0.3 is 0 Å². The van der Waals surface area contributed by atoms with E-state index in [1.54, 1.807) is 0 Å². The Morgan fingerprint density at radius 3 is 2.74 bits per heavy atom. The Morgan fingerprint density at radius 1 is 1.16 bits per heavy atom. The second-order valence-electron chi connectivity index (χ2n) is 4.80. The molecule has 1 aromatic carbocycles. The SMILES string of the molecule is Cc1ccc(-c2cc3c(c(N)n2)=CC=CCC=3)cc1. The van der Waals surface area contributed by atoms with E-state index in [0.717, 1.165) is 28.1 Å². The number of hydrogen-bond donors (Lipinski definition) is 1. The molecule has 0 atom stereocenters. The molecule has 1 aliphatic carbocycles. The van der Waals surface area contributed by atoms with Gasteiger partial charge in [0.05, 0.1) is 5.69 Å². The normalized spacial score (nSPS) is 13.1. The zero-order chi connectivity index (χ0) is 13.2. The first-order valence-corrected chi connectivity index (χ1v) is 6.45. The monoisotopic (exact) mass is 248 g/mol. The summed E-state index contributed by atoms with van der Waals surface area (Å²) in [6.45, 7) is 2.08. The molecular formula is C17H16N2. The van der Waals surface area contributed by atoms with E-state index in [1.807, 2.05) is 12.2 Å². The molecule has 0 amide bonds. The molecule has 0 unspecified atom stereocenters. The lowest BCUT2D eigenvalue weighted by Crippen LogP contribution is -2.29. The summed E-state index contributed by atoms with van der Waals surface area (Å²) in [6.07, 6.45) is 9.29. The third-order valence-electron chi connectivity index (χ3n) is 3.34. The van der Waals surface area contributed by atoms with Crippen LogP contribution in [0.25, 0.3) is 23.4 Å². The van der Waals surface area contributed by atoms with Crippen molar-refractivity contribution < 1.29 is 0 Å². The van der Waals surface area contributed by atoms with Crippen LogP contribution in [0.15, 0.2) is 42.5 Å². The van der Waals surface area contributed by atoms with Gasteiger partial charge in [0.15, 0.2) is 0 Å². The van der Waals surface area contributed by atoms with Gasteiger partial charge < -0.3 is 5.73 Å². The standard InChI is InChI=1S/C17H16N2/c1-12-7-9-13(10-8-12)16-11-14-5-3-2-4-6-15(14)17(18)19-16/h2,4-11H,3H2,1H3,(H2,18,19). The Bertz CT molecular complexity index is 753. The number of nitrogen functional groups attached to an aromatic ring is 1. The maximum absolute atomic E-state index is 6.08. The maximum Gasteiger partial charge on any atom is 0.131 e. The fourth-order valence-electron chi connectivity index (χ4n) is 2.26. The summed E-state index contributed by atoms with van der Waals surface area (Å²) in [5.41, 5.74) is 9.36. The van der Waals surface area contributed by atoms with Crippen molar-refractivity contribution in [1.82, 2.24) is 4.98 Å². The molecule has 0 spiro atoms. The Labute approximate surface area is 112 Å². The number of benzene rings is 1. The summed E-state index contributed by atoms with van der Waals surface area (Å²) >= 11 is 0. The van der Waals surface area contributed by atoms with E-state index < -0.39 is 0 Å². The molecule has 19 heavy (non-hydrogen) atoms. The van der Waals surface area contributed by atoms with Crippen LogP contribution >= 0.6 is 0 Å². The molecule has 0 saturated carbocycles. The van der Waals surface area contributed by atoms with Crippen molar-refractivity contribution in [3.05, 3.63) is 58.5 Å². The smallest absolute Gasteiger partial charge is 0.131 e. The fourth-order valence-corrected chi connectivity index (χ4v) is 2.26. The van der Waals surface area contributed by atoms with Crippen molar-refractivity contribution in [2.24, 2.45) is 0 Å². The van der Waals surface area contributed by atoms with Crippen molar-refractivity contribution in [2.75, 3.05) is 5.73 Å². The van der Waals surface area contributed by atoms with Crippen LogP contribution in [0.2, 0.25) is 0 Å². The van der Waals surface area contributed by atoms with E-state index in [4.69, 9.17) is 5.73 Å². The summed E-state index contributed by atoms with van der Waals surface area (Å²) in [5, 5.41) is 2.18. The maximum atomic E-state index is 6.08. The van der Waals surface area contributed by atoms with Gasteiger partial charge in [-0.1, -0.05) is 54.1 Å². The molecule has 2 N–H and O–H groups in total. The highest BCUT2D eigenvalue weighted by Crippen LogP contribution is 2.16. The number of fused-ring (bicyclic) bond motifs is 1. The Morgan fingerprint density at radius 2 is 1.95 bits per heavy atom. The Hall–Kier alpha value is -2.35. The molecule has 0 saturated heterocycles. The summed E-state index contributed by atoms with van der Waals surface area (Å²) in [4.78, 5) is 4.52. The second kappa shape index (κ2) is 4.73. The average Bonchev–Trinajstić information content (AvgIpc) is 2.65. The van der Waals surface area contributed by atoms with Crippen molar-refractivity contribution in [3.8, 4) is 11.3 Å². The van der Waals surface area contributed by atoms with Gasteiger partial charge in [0.1, 0.15) is 5.82 Å². The molecule has 0 radical (unpaired) electrons. The molecule has 2 nitrogen and oxygen atoms in total. The van der Waals surface area contributed by atoms with Gasteiger partial charge in [0.25, 0.3) is 0 Å². The van der Waals surface area contributed by atoms with Gasteiger partial charge in [0.2, 0.25) is 0 Å². The number of pyridine rings is 1. The molecule has 0 bridgehead atoms. The van der Waals surface area contributed by atoms with Crippen LogP contribution in [0.5, 0.6) is 0 Å². The van der Waals surface area contributed by atoms with E-state index >= 15 is 0 Å². The van der Waals surface area contributed by atoms with Gasteiger partial charge in [-0.05, 0) is 24.6 Å². The predicted molar refractivity (Wildman–Crippen MR) is 80.8 cm³/mol. The van der Waals surface area contributed by atoms with Crippen molar-refractivity contribution in [2.45, 2.75) is 13.3 Å². The third-order valence-corrected chi connectivity index (χ3v) is 3.34. The lowest BCUT2D eigenvalue weighted by atomic mass is 10.1. The second-order valence-corrected chi connectivity index (χ2v) is 4.80. The highest BCUT2D eigenvalue weighted by molar-refractivity contribution is 5.63. The third kappa shape index (κ3) is 2.29. The van der Waals surface area contributed by atoms with Gasteiger partial charge in [-0.3, -0.25) is 0 Å². The summed E-state index contributed by atoms with van der Waals surface area (Å²) < 4.78 is 0. The molecule has 0 fully saturated rings. The minimum atomic E-state index is 0.593. The van der Waals surface area contributed by atoms with Crippen LogP contribution in [0.1, 0.15) is 12.0 Å². The minimum absolute atomic E-state index is 0.593. The van der Waals surface area contributed by atoms with Crippen molar-refractivity contribution in [3.63, 3.8) is 0 Å². The van der Waals surface area contributed by atoms with Gasteiger partial charge in [-0.2, -0.15) is 0 Å². The van der Waals surface area contributed by atoms with Crippen molar-refractivity contribution >= 4 is 18.0 Å². The number of aromatic nitrogens is 1. The number of anilines is 1. The number of rotatable bonds is 1. The van der Waals surface area contributed by atoms with Crippen LogP contribution in [0, 0.1) is 6.92 Å². The van der Waals surface area contributed by atoms with Gasteiger partial charge in [-0.15, -0.1) is 0 Å². The first kappa shape index (κ1) is 11.7. The minimum Gasteiger partial charge on any atom is -0.383 e. The summed E-state index contributed by atoms with van der Waals surface area (Å²) in [7, 11) is 0. The quantitative estimate of drug-likeness (QED) is 0.840. The average molecular weight is 248 g/mol. The number of aryl methyl sites for hydroxylation is 1. The number of allylic oxidation sites excluding steroid dienone is 2. The molecule has 3 rings (SSSR count). The predicted octanol–water partition coefficient (Wildman–Crippen LogP) is 2.16. The van der Waals surface area contributed by atoms with Crippen molar-refractivity contribution in [1.29, 1.82) is 0 Å². The van der Waals surface area contributed by atoms with Gasteiger partial charge in [-0.25, -0.2) is 4.98 Å². The first-order valence-electron chi connectivity index (χ1n) is 6.45. The van der Waals surface area contributed by atoms with E-state index in [0.29, 0.717) is 5.82 Å². The van der Waals surface area contributed by atoms with Crippen LogP contribution in [-0.4, -0.2) is 4.98 Å². The molecule has 2 aromatic rings. The number of nitrogens with two attached hydrogens (primary N) is 1. The highest BCUT2D eigenvalue weighted by Gasteiger charge is 2.03. The molecule has 94 valence electrons. The van der Waals surface area contributed by atoms with Crippen LogP contribution in [0.4, 0.5) is 5.82 Å². The molecule has 1 aromatic heterocycles. The molecule has 0 aliphatic heterocycles. The van der Waals surface area contributed by atoms with Gasteiger partial charge in [0, 0.05) is 10.8 Å². The van der Waals surface area contributed by atoms with Crippen LogP contribution < -0.4 is 16.2 Å². The zero-order valence-electron chi connectivity index (χ0n) is 10.9. The molecular weight excluding hydrogens is 232 g/mol. The number of nitrogens with zero attached hydrogens (tertiary/aromatic N) is 1. The van der Waals surface area contributed by atoms with E-state index in [1.165, 1.54) is 5.56 Å². The lowest BCUT2D eigenvalue weighted by molar-refractivity contribution is 1.28. The number of hydrogen-bond acceptors (Lipinski definition) is 2. The summed E-state index contributed by atoms with van der Waals surface area (Å²) in [6, 6.07) is 10.5. The Balaban J connectivity index is 2.21. The molecule has 1 aliphatic rings. The lowest BCUT2D eigenvalue weighted by Gasteiger charge is -2.04. The van der Waals surface area contributed by atoms with Crippen LogP contribution in [-0.2, 0) is 0 Å². The van der Waals surface area contributed by atoms with E-state index in [2.05, 4.69) is 54.4 Å². The molecule has 1 heterocycles. The Kier molecular flexibility index (Phi) is 2.92. The molecule has 2 heteroatoms. The van der Waals surface area contributed by atoms with E-state index in [9.17, 15) is 0 Å². The van der Waals surface area contributed by atoms with Crippen LogP contribution in [0.3, 0.4) is 0 Å². The fraction of sp³-hybridized carbons (Fsp3) is 0.118. The summed E-state index contributed by atoms with van der Waals surface area (Å²) in [5.74, 6) is 0.593.